The lowest BCUT2D eigenvalue weighted by Gasteiger charge is -2.21. The SMILES string of the molecule is CCn1c(SCC(=O)c2ccc(Br)cc2)nnc1[C@@H](CC(C)C)NC(=O)c1ccc(Cl)cc1Cl. The van der Waals surface area contributed by atoms with Crippen LogP contribution in [0.1, 0.15) is 59.8 Å². The van der Waals surface area contributed by atoms with Crippen LogP contribution in [0, 0.1) is 5.92 Å². The summed E-state index contributed by atoms with van der Waals surface area (Å²) in [6, 6.07) is 11.7. The van der Waals surface area contributed by atoms with E-state index in [9.17, 15) is 9.59 Å². The Morgan fingerprint density at radius 3 is 2.44 bits per heavy atom. The Morgan fingerprint density at radius 1 is 1.12 bits per heavy atom. The number of amides is 1. The van der Waals surface area contributed by atoms with Crippen LogP contribution in [0.5, 0.6) is 0 Å². The molecule has 3 rings (SSSR count). The molecule has 0 radical (unpaired) electrons. The molecular weight excluding hydrogens is 559 g/mol. The molecule has 6 nitrogen and oxygen atoms in total. The van der Waals surface area contributed by atoms with Gasteiger partial charge in [0.15, 0.2) is 16.8 Å². The maximum Gasteiger partial charge on any atom is 0.253 e. The summed E-state index contributed by atoms with van der Waals surface area (Å²) in [5, 5.41) is 13.2. The number of Topliss-reactive ketones (excluding diaryl/α,β-unsaturated/α-hetero) is 1. The average Bonchev–Trinajstić information content (AvgIpc) is 3.20. The summed E-state index contributed by atoms with van der Waals surface area (Å²) in [5.41, 5.74) is 0.986. The minimum absolute atomic E-state index is 0.00844. The maximum atomic E-state index is 13.0. The van der Waals surface area contributed by atoms with E-state index in [4.69, 9.17) is 23.2 Å². The third-order valence-electron chi connectivity index (χ3n) is 5.06. The molecule has 0 bridgehead atoms. The molecule has 1 amide bonds. The van der Waals surface area contributed by atoms with Gasteiger partial charge < -0.3 is 9.88 Å². The fourth-order valence-corrected chi connectivity index (χ4v) is 5.08. The summed E-state index contributed by atoms with van der Waals surface area (Å²) in [4.78, 5) is 25.6. The van der Waals surface area contributed by atoms with Gasteiger partial charge in [0.25, 0.3) is 5.91 Å². The fourth-order valence-electron chi connectivity index (χ4n) is 3.42. The van der Waals surface area contributed by atoms with Crippen molar-refractivity contribution in [1.82, 2.24) is 20.1 Å². The third kappa shape index (κ3) is 6.84. The van der Waals surface area contributed by atoms with E-state index in [2.05, 4.69) is 45.3 Å². The number of hydrogen-bond acceptors (Lipinski definition) is 5. The number of halogens is 3. The van der Waals surface area contributed by atoms with Gasteiger partial charge in [-0.2, -0.15) is 0 Å². The monoisotopic (exact) mass is 582 g/mol. The van der Waals surface area contributed by atoms with E-state index in [1.165, 1.54) is 11.8 Å². The smallest absolute Gasteiger partial charge is 0.253 e. The summed E-state index contributed by atoms with van der Waals surface area (Å²) < 4.78 is 2.86. The third-order valence-corrected chi connectivity index (χ3v) is 7.10. The first-order valence-electron chi connectivity index (χ1n) is 10.8. The van der Waals surface area contributed by atoms with E-state index in [-0.39, 0.29) is 28.5 Å². The van der Waals surface area contributed by atoms with Gasteiger partial charge in [0, 0.05) is 21.6 Å². The molecule has 0 saturated heterocycles. The van der Waals surface area contributed by atoms with Crippen LogP contribution < -0.4 is 5.32 Å². The lowest BCUT2D eigenvalue weighted by Crippen LogP contribution is -2.31. The molecule has 1 N–H and O–H groups in total. The highest BCUT2D eigenvalue weighted by Gasteiger charge is 2.25. The Morgan fingerprint density at radius 2 is 1.82 bits per heavy atom. The normalized spacial score (nSPS) is 12.1. The van der Waals surface area contributed by atoms with Crippen molar-refractivity contribution in [2.75, 3.05) is 5.75 Å². The van der Waals surface area contributed by atoms with Crippen LogP contribution in [-0.4, -0.2) is 32.2 Å². The average molecular weight is 584 g/mol. The quantitative estimate of drug-likeness (QED) is 0.208. The number of thioether (sulfide) groups is 1. The van der Waals surface area contributed by atoms with Crippen molar-refractivity contribution in [3.8, 4) is 0 Å². The van der Waals surface area contributed by atoms with Crippen molar-refractivity contribution in [1.29, 1.82) is 0 Å². The summed E-state index contributed by atoms with van der Waals surface area (Å²) in [6.45, 7) is 6.74. The summed E-state index contributed by atoms with van der Waals surface area (Å²) in [6.07, 6.45) is 0.664. The fraction of sp³-hybridized carbons (Fsp3) is 0.333. The number of nitrogens with zero attached hydrogens (tertiary/aromatic N) is 3. The first-order chi connectivity index (χ1) is 16.2. The predicted octanol–water partition coefficient (Wildman–Crippen LogP) is 6.86. The Labute approximate surface area is 221 Å². The molecule has 3 aromatic rings. The second kappa shape index (κ2) is 12.2. The number of hydrogen-bond donors (Lipinski definition) is 1. The summed E-state index contributed by atoms with van der Waals surface area (Å²) in [5.74, 6) is 0.879. The lowest BCUT2D eigenvalue weighted by atomic mass is 10.0. The molecule has 0 spiro atoms. The molecule has 1 atom stereocenters. The standard InChI is InChI=1S/C24H25BrCl2N4O2S/c1-4-31-22(29-30-24(31)34-13-21(32)15-5-7-16(25)8-6-15)20(11-14(2)3)28-23(33)18-10-9-17(26)12-19(18)27/h5-10,12,14,20H,4,11,13H2,1-3H3,(H,28,33)/t20-/m1/s1. The summed E-state index contributed by atoms with van der Waals surface area (Å²) in [7, 11) is 0. The van der Waals surface area contributed by atoms with Gasteiger partial charge in [-0.1, -0.05) is 76.9 Å². The number of aromatic nitrogens is 3. The minimum atomic E-state index is -0.372. The van der Waals surface area contributed by atoms with Crippen molar-refractivity contribution < 1.29 is 9.59 Å². The number of ketones is 1. The molecular formula is C24H25BrCl2N4O2S. The van der Waals surface area contributed by atoms with Gasteiger partial charge in [-0.15, -0.1) is 10.2 Å². The van der Waals surface area contributed by atoms with Gasteiger partial charge in [-0.3, -0.25) is 9.59 Å². The lowest BCUT2D eigenvalue weighted by molar-refractivity contribution is 0.0928. The van der Waals surface area contributed by atoms with E-state index in [0.29, 0.717) is 46.0 Å². The van der Waals surface area contributed by atoms with E-state index in [1.54, 1.807) is 30.3 Å². The second-order valence-corrected chi connectivity index (χ2v) is 10.8. The van der Waals surface area contributed by atoms with Crippen LogP contribution in [-0.2, 0) is 6.54 Å². The molecule has 34 heavy (non-hydrogen) atoms. The van der Waals surface area contributed by atoms with Crippen LogP contribution in [0.3, 0.4) is 0 Å². The molecule has 1 heterocycles. The largest absolute Gasteiger partial charge is 0.342 e. The highest BCUT2D eigenvalue weighted by atomic mass is 79.9. The molecule has 0 unspecified atom stereocenters. The van der Waals surface area contributed by atoms with Gasteiger partial charge in [0.1, 0.15) is 0 Å². The first kappa shape index (κ1) is 26.7. The van der Waals surface area contributed by atoms with Gasteiger partial charge in [-0.25, -0.2) is 0 Å². The maximum absolute atomic E-state index is 13.0. The van der Waals surface area contributed by atoms with Crippen molar-refractivity contribution in [3.05, 3.63) is 73.9 Å². The first-order valence-corrected chi connectivity index (χ1v) is 13.3. The van der Waals surface area contributed by atoms with Gasteiger partial charge in [0.05, 0.1) is 22.4 Å². The van der Waals surface area contributed by atoms with E-state index < -0.39 is 0 Å². The number of carbonyl (C=O) groups is 2. The Balaban J connectivity index is 1.79. The molecule has 1 aromatic heterocycles. The molecule has 2 aromatic carbocycles. The van der Waals surface area contributed by atoms with Crippen molar-refractivity contribution in [2.45, 2.75) is 44.9 Å². The number of carbonyl (C=O) groups excluding carboxylic acids is 2. The van der Waals surface area contributed by atoms with Crippen molar-refractivity contribution in [2.24, 2.45) is 5.92 Å². The zero-order valence-corrected chi connectivity index (χ0v) is 22.9. The Kier molecular flexibility index (Phi) is 9.59. The Hall–Kier alpha value is -1.87. The highest BCUT2D eigenvalue weighted by molar-refractivity contribution is 9.10. The molecule has 180 valence electrons. The minimum Gasteiger partial charge on any atom is -0.342 e. The van der Waals surface area contributed by atoms with E-state index in [1.807, 2.05) is 23.6 Å². The Bertz CT molecular complexity index is 1170. The van der Waals surface area contributed by atoms with Crippen LogP contribution in [0.4, 0.5) is 0 Å². The van der Waals surface area contributed by atoms with Crippen LogP contribution in [0.15, 0.2) is 52.1 Å². The summed E-state index contributed by atoms with van der Waals surface area (Å²) >= 11 is 16.9. The highest BCUT2D eigenvalue weighted by Crippen LogP contribution is 2.27. The molecule has 0 aliphatic rings. The van der Waals surface area contributed by atoms with Gasteiger partial charge in [0.2, 0.25) is 0 Å². The zero-order valence-electron chi connectivity index (χ0n) is 19.0. The van der Waals surface area contributed by atoms with E-state index >= 15 is 0 Å². The van der Waals surface area contributed by atoms with Crippen LogP contribution >= 0.6 is 50.9 Å². The topological polar surface area (TPSA) is 76.9 Å². The van der Waals surface area contributed by atoms with Gasteiger partial charge >= 0.3 is 0 Å². The zero-order chi connectivity index (χ0) is 24.8. The molecule has 0 aliphatic heterocycles. The number of rotatable bonds is 10. The molecule has 0 fully saturated rings. The van der Waals surface area contributed by atoms with Crippen molar-refractivity contribution in [3.63, 3.8) is 0 Å². The molecule has 0 aliphatic carbocycles. The second-order valence-electron chi connectivity index (χ2n) is 8.08. The van der Waals surface area contributed by atoms with Gasteiger partial charge in [-0.05, 0) is 49.6 Å². The van der Waals surface area contributed by atoms with Crippen LogP contribution in [0.2, 0.25) is 10.0 Å². The molecule has 0 saturated carbocycles. The number of nitrogens with one attached hydrogen (secondary N) is 1. The predicted molar refractivity (Wildman–Crippen MR) is 141 cm³/mol. The number of benzene rings is 2. The molecule has 10 heteroatoms. The van der Waals surface area contributed by atoms with E-state index in [0.717, 1.165) is 4.47 Å². The van der Waals surface area contributed by atoms with Crippen molar-refractivity contribution >= 4 is 62.6 Å². The van der Waals surface area contributed by atoms with Crippen LogP contribution in [0.25, 0.3) is 0 Å².